The predicted molar refractivity (Wildman–Crippen MR) is 89.7 cm³/mol. The maximum absolute atomic E-state index is 12.3. The molecule has 4 heteroatoms. The molecule has 1 amide bonds. The number of nitriles is 1. The average molecular weight is 303 g/mol. The van der Waals surface area contributed by atoms with Crippen LogP contribution in [0.1, 0.15) is 29.7 Å². The number of carbonyl (C=O) groups excluding carboxylic acids is 1. The van der Waals surface area contributed by atoms with Gasteiger partial charge in [-0.1, -0.05) is 30.3 Å². The summed E-state index contributed by atoms with van der Waals surface area (Å²) in [6.45, 7) is 1.94. The minimum Gasteiger partial charge on any atom is -0.361 e. The van der Waals surface area contributed by atoms with Crippen LogP contribution in [0.15, 0.2) is 54.7 Å². The van der Waals surface area contributed by atoms with Crippen LogP contribution in [0.5, 0.6) is 0 Å². The van der Waals surface area contributed by atoms with Crippen molar-refractivity contribution in [2.75, 3.05) is 0 Å². The zero-order valence-electron chi connectivity index (χ0n) is 12.8. The van der Waals surface area contributed by atoms with Crippen molar-refractivity contribution < 1.29 is 4.79 Å². The number of aromatic amines is 1. The van der Waals surface area contributed by atoms with Crippen molar-refractivity contribution in [2.24, 2.45) is 0 Å². The van der Waals surface area contributed by atoms with E-state index in [4.69, 9.17) is 5.26 Å². The topological polar surface area (TPSA) is 68.7 Å². The fourth-order valence-corrected chi connectivity index (χ4v) is 2.67. The minimum absolute atomic E-state index is 0.0217. The lowest BCUT2D eigenvalue weighted by atomic mass is 10.1. The highest BCUT2D eigenvalue weighted by Crippen LogP contribution is 2.19. The van der Waals surface area contributed by atoms with E-state index in [-0.39, 0.29) is 11.9 Å². The zero-order valence-corrected chi connectivity index (χ0v) is 12.8. The molecular formula is C19H17N3O. The molecule has 2 N–H and O–H groups in total. The molecule has 0 aliphatic rings. The predicted octanol–water partition coefficient (Wildman–Crippen LogP) is 3.46. The molecule has 23 heavy (non-hydrogen) atoms. The first-order chi connectivity index (χ1) is 11.2. The van der Waals surface area contributed by atoms with Crippen LogP contribution < -0.4 is 5.32 Å². The summed E-state index contributed by atoms with van der Waals surface area (Å²) in [5, 5.41) is 12.9. The first-order valence-electron chi connectivity index (χ1n) is 7.52. The molecule has 114 valence electrons. The maximum atomic E-state index is 12.3. The molecule has 1 unspecified atom stereocenters. The summed E-state index contributed by atoms with van der Waals surface area (Å²) < 4.78 is 0. The third kappa shape index (κ3) is 3.24. The Morgan fingerprint density at radius 1 is 1.22 bits per heavy atom. The number of hydrogen-bond acceptors (Lipinski definition) is 2. The molecule has 3 aromatic rings. The lowest BCUT2D eigenvalue weighted by molar-refractivity contribution is -0.121. The summed E-state index contributed by atoms with van der Waals surface area (Å²) in [6, 6.07) is 17.2. The van der Waals surface area contributed by atoms with Gasteiger partial charge in [0.05, 0.1) is 24.1 Å². The highest BCUT2D eigenvalue weighted by atomic mass is 16.1. The third-order valence-corrected chi connectivity index (χ3v) is 3.94. The minimum atomic E-state index is -0.0968. The normalized spacial score (nSPS) is 11.8. The molecule has 0 spiro atoms. The quantitative estimate of drug-likeness (QED) is 0.775. The van der Waals surface area contributed by atoms with Crippen LogP contribution in [-0.4, -0.2) is 10.9 Å². The van der Waals surface area contributed by atoms with Gasteiger partial charge < -0.3 is 10.3 Å². The Labute approximate surface area is 134 Å². The zero-order chi connectivity index (χ0) is 16.2. The van der Waals surface area contributed by atoms with Crippen LogP contribution >= 0.6 is 0 Å². The lowest BCUT2D eigenvalue weighted by Crippen LogP contribution is -2.28. The SMILES string of the molecule is CC(NC(=O)Cc1c[nH]c2ccccc12)c1ccc(C#N)cc1. The smallest absolute Gasteiger partial charge is 0.224 e. The van der Waals surface area contributed by atoms with E-state index in [0.29, 0.717) is 12.0 Å². The van der Waals surface area contributed by atoms with E-state index in [1.807, 2.05) is 49.5 Å². The van der Waals surface area contributed by atoms with Crippen LogP contribution in [0.3, 0.4) is 0 Å². The molecule has 0 aliphatic heterocycles. The number of carbonyl (C=O) groups is 1. The number of nitrogens with zero attached hydrogens (tertiary/aromatic N) is 1. The number of fused-ring (bicyclic) bond motifs is 1. The van der Waals surface area contributed by atoms with E-state index in [9.17, 15) is 4.79 Å². The van der Waals surface area contributed by atoms with Crippen molar-refractivity contribution in [3.63, 3.8) is 0 Å². The number of para-hydroxylation sites is 1. The Hall–Kier alpha value is -3.06. The number of H-pyrrole nitrogens is 1. The van der Waals surface area contributed by atoms with Gasteiger partial charge in [0.2, 0.25) is 5.91 Å². The second-order valence-electron chi connectivity index (χ2n) is 5.56. The highest BCUT2D eigenvalue weighted by molar-refractivity contribution is 5.88. The lowest BCUT2D eigenvalue weighted by Gasteiger charge is -2.14. The van der Waals surface area contributed by atoms with Gasteiger partial charge in [-0.05, 0) is 36.2 Å². The molecule has 0 saturated carbocycles. The molecule has 0 aliphatic carbocycles. The second-order valence-corrected chi connectivity index (χ2v) is 5.56. The molecular weight excluding hydrogens is 286 g/mol. The van der Waals surface area contributed by atoms with Crippen molar-refractivity contribution in [1.29, 1.82) is 5.26 Å². The van der Waals surface area contributed by atoms with Gasteiger partial charge in [-0.15, -0.1) is 0 Å². The van der Waals surface area contributed by atoms with Crippen molar-refractivity contribution in [3.8, 4) is 6.07 Å². The first kappa shape index (κ1) is 14.9. The Balaban J connectivity index is 1.67. The number of benzene rings is 2. The molecule has 0 saturated heterocycles. The van der Waals surface area contributed by atoms with Gasteiger partial charge in [-0.3, -0.25) is 4.79 Å². The van der Waals surface area contributed by atoms with Gasteiger partial charge in [0.25, 0.3) is 0 Å². The van der Waals surface area contributed by atoms with Crippen LogP contribution in [0.2, 0.25) is 0 Å². The number of nitrogens with one attached hydrogen (secondary N) is 2. The molecule has 0 bridgehead atoms. The Morgan fingerprint density at radius 2 is 1.96 bits per heavy atom. The standard InChI is InChI=1S/C19H17N3O/c1-13(15-8-6-14(11-20)7-9-15)22-19(23)10-16-12-21-18-5-3-2-4-17(16)18/h2-9,12-13,21H,10H2,1H3,(H,22,23). The molecule has 1 heterocycles. The molecule has 4 nitrogen and oxygen atoms in total. The Morgan fingerprint density at radius 3 is 2.70 bits per heavy atom. The van der Waals surface area contributed by atoms with E-state index in [1.54, 1.807) is 12.1 Å². The fourth-order valence-electron chi connectivity index (χ4n) is 2.67. The van der Waals surface area contributed by atoms with E-state index in [1.165, 1.54) is 0 Å². The van der Waals surface area contributed by atoms with Gasteiger partial charge >= 0.3 is 0 Å². The molecule has 0 radical (unpaired) electrons. The van der Waals surface area contributed by atoms with Gasteiger partial charge in [-0.2, -0.15) is 5.26 Å². The van der Waals surface area contributed by atoms with Crippen molar-refractivity contribution in [1.82, 2.24) is 10.3 Å². The van der Waals surface area contributed by atoms with Gasteiger partial charge in [0, 0.05) is 17.1 Å². The summed E-state index contributed by atoms with van der Waals surface area (Å²) in [4.78, 5) is 15.5. The second kappa shape index (κ2) is 6.37. The molecule has 0 fully saturated rings. The van der Waals surface area contributed by atoms with Crippen molar-refractivity contribution in [2.45, 2.75) is 19.4 Å². The van der Waals surface area contributed by atoms with E-state index in [2.05, 4.69) is 16.4 Å². The van der Waals surface area contributed by atoms with E-state index < -0.39 is 0 Å². The largest absolute Gasteiger partial charge is 0.361 e. The van der Waals surface area contributed by atoms with Gasteiger partial charge in [-0.25, -0.2) is 0 Å². The summed E-state index contributed by atoms with van der Waals surface area (Å²) >= 11 is 0. The summed E-state index contributed by atoms with van der Waals surface area (Å²) in [6.07, 6.45) is 2.22. The Kier molecular flexibility index (Phi) is 4.11. The van der Waals surface area contributed by atoms with Crippen molar-refractivity contribution in [3.05, 3.63) is 71.4 Å². The molecule has 2 aromatic carbocycles. The van der Waals surface area contributed by atoms with Crippen LogP contribution in [-0.2, 0) is 11.2 Å². The van der Waals surface area contributed by atoms with Crippen LogP contribution in [0.4, 0.5) is 0 Å². The fraction of sp³-hybridized carbons (Fsp3) is 0.158. The molecule has 3 rings (SSSR count). The van der Waals surface area contributed by atoms with Crippen molar-refractivity contribution >= 4 is 16.8 Å². The van der Waals surface area contributed by atoms with Crippen LogP contribution in [0, 0.1) is 11.3 Å². The average Bonchev–Trinajstić information content (AvgIpc) is 2.98. The number of rotatable bonds is 4. The maximum Gasteiger partial charge on any atom is 0.224 e. The number of amides is 1. The summed E-state index contributed by atoms with van der Waals surface area (Å²) in [5.74, 6) is -0.0217. The monoisotopic (exact) mass is 303 g/mol. The third-order valence-electron chi connectivity index (χ3n) is 3.94. The van der Waals surface area contributed by atoms with Crippen LogP contribution in [0.25, 0.3) is 10.9 Å². The molecule has 1 aromatic heterocycles. The number of hydrogen-bond donors (Lipinski definition) is 2. The van der Waals surface area contributed by atoms with Gasteiger partial charge in [0.1, 0.15) is 0 Å². The first-order valence-corrected chi connectivity index (χ1v) is 7.52. The summed E-state index contributed by atoms with van der Waals surface area (Å²) in [5.41, 5.74) is 3.63. The Bertz CT molecular complexity index is 872. The van der Waals surface area contributed by atoms with E-state index >= 15 is 0 Å². The van der Waals surface area contributed by atoms with E-state index in [0.717, 1.165) is 22.0 Å². The summed E-state index contributed by atoms with van der Waals surface area (Å²) in [7, 11) is 0. The molecule has 1 atom stereocenters. The van der Waals surface area contributed by atoms with Gasteiger partial charge in [0.15, 0.2) is 0 Å². The number of aromatic nitrogens is 1. The highest BCUT2D eigenvalue weighted by Gasteiger charge is 2.12.